The Morgan fingerprint density at radius 3 is 3.04 bits per heavy atom. The minimum atomic E-state index is -0.689. The number of unbranched alkanes of at least 4 members (excludes halogenated alkanes) is 1. The molecule has 0 bridgehead atoms. The fourth-order valence-corrected chi connectivity index (χ4v) is 3.53. The van der Waals surface area contributed by atoms with E-state index in [1.165, 1.54) is 16.0 Å². The molecule has 3 rings (SSSR count). The summed E-state index contributed by atoms with van der Waals surface area (Å²) in [6, 6.07) is 0.916. The molecule has 128 valence electrons. The Kier molecular flexibility index (Phi) is 5.03. The van der Waals surface area contributed by atoms with Gasteiger partial charge >= 0.3 is 0 Å². The zero-order valence-corrected chi connectivity index (χ0v) is 14.7. The highest BCUT2D eigenvalue weighted by Crippen LogP contribution is 2.20. The van der Waals surface area contributed by atoms with Crippen LogP contribution in [0.5, 0.6) is 0 Å². The molecule has 0 fully saturated rings. The van der Waals surface area contributed by atoms with Crippen molar-refractivity contribution >= 4 is 22.4 Å². The van der Waals surface area contributed by atoms with Crippen LogP contribution in [0.15, 0.2) is 10.9 Å². The second-order valence-corrected chi connectivity index (χ2v) is 7.08. The molecule has 1 aliphatic rings. The van der Waals surface area contributed by atoms with Crippen LogP contribution in [-0.4, -0.2) is 25.9 Å². The third-order valence-corrected chi connectivity index (χ3v) is 5.07. The lowest BCUT2D eigenvalue weighted by molar-refractivity contribution is -0.119. The van der Waals surface area contributed by atoms with Crippen LogP contribution in [0.3, 0.4) is 0 Å². The second-order valence-electron chi connectivity index (χ2n) is 6.02. The first-order valence-electron chi connectivity index (χ1n) is 8.33. The molecule has 1 aliphatic carbocycles. The Bertz CT molecular complexity index is 798. The maximum Gasteiger partial charge on any atom is 0.267 e. The van der Waals surface area contributed by atoms with Crippen molar-refractivity contribution in [3.05, 3.63) is 32.7 Å². The van der Waals surface area contributed by atoms with Gasteiger partial charge < -0.3 is 0 Å². The monoisotopic (exact) mass is 347 g/mol. The van der Waals surface area contributed by atoms with Gasteiger partial charge in [-0.25, -0.2) is 4.68 Å². The molecule has 1 atom stereocenters. The van der Waals surface area contributed by atoms with Crippen molar-refractivity contribution in [2.45, 2.75) is 58.4 Å². The summed E-state index contributed by atoms with van der Waals surface area (Å²) in [7, 11) is 0. The number of anilines is 1. The van der Waals surface area contributed by atoms with Gasteiger partial charge in [-0.15, -0.1) is 10.2 Å². The average Bonchev–Trinajstić information content (AvgIpc) is 3.20. The van der Waals surface area contributed by atoms with Crippen LogP contribution in [0.25, 0.3) is 0 Å². The maximum absolute atomic E-state index is 12.4. The first-order valence-corrected chi connectivity index (χ1v) is 9.15. The lowest BCUT2D eigenvalue weighted by Crippen LogP contribution is -2.33. The van der Waals surface area contributed by atoms with Crippen LogP contribution >= 0.6 is 11.3 Å². The number of rotatable bonds is 6. The molecule has 0 spiro atoms. The number of carbonyl (C=O) groups is 1. The molecule has 0 radical (unpaired) electrons. The molecule has 2 aromatic rings. The molecular weight excluding hydrogens is 326 g/mol. The average molecular weight is 347 g/mol. The SMILES string of the molecule is CCCCc1nnc(NC(=O)[C@@H](C)n2nc3c(cc2=O)CCC3)s1. The largest absolute Gasteiger partial charge is 0.299 e. The first-order chi connectivity index (χ1) is 11.6. The van der Waals surface area contributed by atoms with Gasteiger partial charge in [-0.3, -0.25) is 14.9 Å². The fourth-order valence-electron chi connectivity index (χ4n) is 2.75. The van der Waals surface area contributed by atoms with Crippen LogP contribution in [0.4, 0.5) is 5.13 Å². The van der Waals surface area contributed by atoms with E-state index in [0.717, 1.165) is 54.8 Å². The zero-order valence-electron chi connectivity index (χ0n) is 13.9. The Labute approximate surface area is 144 Å². The Balaban J connectivity index is 1.71. The van der Waals surface area contributed by atoms with Crippen LogP contribution in [0.1, 0.15) is 55.4 Å². The molecule has 24 heavy (non-hydrogen) atoms. The van der Waals surface area contributed by atoms with Crippen molar-refractivity contribution in [3.8, 4) is 0 Å². The van der Waals surface area contributed by atoms with Crippen LogP contribution < -0.4 is 10.9 Å². The minimum Gasteiger partial charge on any atom is -0.299 e. The van der Waals surface area contributed by atoms with Crippen molar-refractivity contribution in [1.29, 1.82) is 0 Å². The number of carbonyl (C=O) groups excluding carboxylic acids is 1. The molecule has 0 unspecified atom stereocenters. The van der Waals surface area contributed by atoms with Crippen molar-refractivity contribution in [1.82, 2.24) is 20.0 Å². The van der Waals surface area contributed by atoms with Crippen molar-refractivity contribution in [3.63, 3.8) is 0 Å². The lowest BCUT2D eigenvalue weighted by atomic mass is 10.2. The van der Waals surface area contributed by atoms with Crippen LogP contribution in [0.2, 0.25) is 0 Å². The van der Waals surface area contributed by atoms with Gasteiger partial charge in [0, 0.05) is 12.5 Å². The molecule has 2 heterocycles. The van der Waals surface area contributed by atoms with E-state index in [4.69, 9.17) is 0 Å². The van der Waals surface area contributed by atoms with E-state index in [1.807, 2.05) is 0 Å². The number of amides is 1. The Morgan fingerprint density at radius 1 is 1.42 bits per heavy atom. The molecule has 0 saturated heterocycles. The highest BCUT2D eigenvalue weighted by molar-refractivity contribution is 7.15. The van der Waals surface area contributed by atoms with Gasteiger partial charge in [0.2, 0.25) is 5.13 Å². The quantitative estimate of drug-likeness (QED) is 0.864. The highest BCUT2D eigenvalue weighted by Gasteiger charge is 2.22. The molecule has 0 aromatic carbocycles. The van der Waals surface area contributed by atoms with Crippen molar-refractivity contribution in [2.24, 2.45) is 0 Å². The minimum absolute atomic E-state index is 0.237. The summed E-state index contributed by atoms with van der Waals surface area (Å²) in [5.41, 5.74) is 1.69. The van der Waals surface area contributed by atoms with E-state index >= 15 is 0 Å². The van der Waals surface area contributed by atoms with Crippen LogP contribution in [-0.2, 0) is 24.1 Å². The number of nitrogens with zero attached hydrogens (tertiary/aromatic N) is 4. The molecule has 7 nitrogen and oxygen atoms in total. The summed E-state index contributed by atoms with van der Waals surface area (Å²) < 4.78 is 1.26. The topological polar surface area (TPSA) is 89.8 Å². The van der Waals surface area contributed by atoms with E-state index in [1.54, 1.807) is 13.0 Å². The zero-order chi connectivity index (χ0) is 17.1. The summed E-state index contributed by atoms with van der Waals surface area (Å²) in [6.07, 6.45) is 5.77. The number of nitrogens with one attached hydrogen (secondary N) is 1. The van der Waals surface area contributed by atoms with E-state index in [2.05, 4.69) is 27.5 Å². The molecule has 1 amide bonds. The lowest BCUT2D eigenvalue weighted by Gasteiger charge is -2.13. The normalized spacial score (nSPS) is 14.4. The molecule has 1 N–H and O–H groups in total. The molecule has 2 aromatic heterocycles. The Morgan fingerprint density at radius 2 is 2.25 bits per heavy atom. The third kappa shape index (κ3) is 3.53. The van der Waals surface area contributed by atoms with E-state index < -0.39 is 6.04 Å². The van der Waals surface area contributed by atoms with E-state index in [-0.39, 0.29) is 11.5 Å². The summed E-state index contributed by atoms with van der Waals surface area (Å²) >= 11 is 1.38. The smallest absolute Gasteiger partial charge is 0.267 e. The second kappa shape index (κ2) is 7.21. The van der Waals surface area contributed by atoms with Gasteiger partial charge in [-0.05, 0) is 38.2 Å². The predicted molar refractivity (Wildman–Crippen MR) is 92.4 cm³/mol. The van der Waals surface area contributed by atoms with Crippen molar-refractivity contribution < 1.29 is 4.79 Å². The number of aromatic nitrogens is 4. The third-order valence-electron chi connectivity index (χ3n) is 4.17. The summed E-state index contributed by atoms with van der Waals surface area (Å²) in [4.78, 5) is 24.6. The predicted octanol–water partition coefficient (Wildman–Crippen LogP) is 2.13. The number of hydrogen-bond donors (Lipinski definition) is 1. The van der Waals surface area contributed by atoms with Gasteiger partial charge in [-0.1, -0.05) is 24.7 Å². The first kappa shape index (κ1) is 16.8. The fraction of sp³-hybridized carbons (Fsp3) is 0.562. The van der Waals surface area contributed by atoms with E-state index in [0.29, 0.717) is 5.13 Å². The van der Waals surface area contributed by atoms with Gasteiger partial charge in [-0.2, -0.15) is 5.10 Å². The number of fused-ring (bicyclic) bond motifs is 1. The summed E-state index contributed by atoms with van der Waals surface area (Å²) in [5.74, 6) is -0.305. The Hall–Kier alpha value is -2.09. The standard InChI is InChI=1S/C16H21N5O2S/c1-3-4-8-13-18-19-16(24-13)17-15(23)10(2)21-14(22)9-11-6-5-7-12(11)20-21/h9-10H,3-8H2,1-2H3,(H,17,19,23)/t10-/m1/s1. The molecule has 0 saturated carbocycles. The summed E-state index contributed by atoms with van der Waals surface area (Å²) in [6.45, 7) is 3.79. The van der Waals surface area contributed by atoms with Gasteiger partial charge in [0.05, 0.1) is 5.69 Å². The van der Waals surface area contributed by atoms with Gasteiger partial charge in [0.1, 0.15) is 11.0 Å². The molecule has 8 heteroatoms. The van der Waals surface area contributed by atoms with Crippen molar-refractivity contribution in [2.75, 3.05) is 5.32 Å². The van der Waals surface area contributed by atoms with Crippen LogP contribution in [0, 0.1) is 0 Å². The van der Waals surface area contributed by atoms with E-state index in [9.17, 15) is 9.59 Å². The van der Waals surface area contributed by atoms with Gasteiger partial charge in [0.15, 0.2) is 0 Å². The molecular formula is C16H21N5O2S. The molecule has 0 aliphatic heterocycles. The number of hydrogen-bond acceptors (Lipinski definition) is 6. The maximum atomic E-state index is 12.4. The number of aryl methyl sites for hydroxylation is 3. The van der Waals surface area contributed by atoms with Gasteiger partial charge in [0.25, 0.3) is 11.5 Å². The highest BCUT2D eigenvalue weighted by atomic mass is 32.1. The summed E-state index contributed by atoms with van der Waals surface area (Å²) in [5, 5.41) is 16.6.